The molecule has 1 aliphatic heterocycles. The number of para-hydroxylation sites is 1. The van der Waals surface area contributed by atoms with E-state index in [1.165, 1.54) is 0 Å². The molecule has 0 aliphatic carbocycles. The third-order valence-electron chi connectivity index (χ3n) is 4.84. The molecule has 7 nitrogen and oxygen atoms in total. The van der Waals surface area contributed by atoms with Gasteiger partial charge in [-0.3, -0.25) is 0 Å². The fraction of sp³-hybridized carbons (Fsp3) is 0.286. The summed E-state index contributed by atoms with van der Waals surface area (Å²) in [5.41, 5.74) is 2.71. The Morgan fingerprint density at radius 1 is 1.04 bits per heavy atom. The molecule has 0 bridgehead atoms. The van der Waals surface area contributed by atoms with E-state index in [1.807, 2.05) is 36.5 Å². The summed E-state index contributed by atoms with van der Waals surface area (Å²) in [6.07, 6.45) is 4.14. The molecule has 144 valence electrons. The number of piperazine rings is 1. The van der Waals surface area contributed by atoms with Gasteiger partial charge in [0.05, 0.1) is 5.69 Å². The number of aromatic nitrogens is 3. The predicted octanol–water partition coefficient (Wildman–Crippen LogP) is 2.31. The number of rotatable bonds is 6. The fourth-order valence-corrected chi connectivity index (χ4v) is 3.28. The maximum Gasteiger partial charge on any atom is 0.129 e. The summed E-state index contributed by atoms with van der Waals surface area (Å²) in [5.74, 6) is 2.08. The molecule has 0 atom stereocenters. The van der Waals surface area contributed by atoms with Crippen LogP contribution < -0.4 is 15.5 Å². The van der Waals surface area contributed by atoms with E-state index in [0.29, 0.717) is 18.7 Å². The minimum absolute atomic E-state index is 0.323. The topological polar surface area (TPSA) is 86.2 Å². The second kappa shape index (κ2) is 8.67. The van der Waals surface area contributed by atoms with Crippen LogP contribution in [0.15, 0.2) is 55.0 Å². The lowest BCUT2D eigenvalue weighted by Crippen LogP contribution is -2.43. The van der Waals surface area contributed by atoms with E-state index < -0.39 is 0 Å². The lowest BCUT2D eigenvalue weighted by molar-refractivity contribution is 0.468. The van der Waals surface area contributed by atoms with Crippen molar-refractivity contribution in [3.05, 3.63) is 60.6 Å². The Kier molecular flexibility index (Phi) is 5.63. The zero-order chi connectivity index (χ0) is 19.2. The normalized spacial score (nSPS) is 14.1. The van der Waals surface area contributed by atoms with Crippen molar-refractivity contribution in [2.45, 2.75) is 6.42 Å². The first kappa shape index (κ1) is 18.2. The first-order valence-electron chi connectivity index (χ1n) is 9.54. The van der Waals surface area contributed by atoms with Crippen LogP contribution in [0.1, 0.15) is 5.56 Å². The molecule has 0 unspecified atom stereocenters. The molecule has 3 N–H and O–H groups in total. The highest BCUT2D eigenvalue weighted by molar-refractivity contribution is 5.62. The maximum absolute atomic E-state index is 9.85. The van der Waals surface area contributed by atoms with Crippen molar-refractivity contribution in [3.63, 3.8) is 0 Å². The number of pyridine rings is 1. The van der Waals surface area contributed by atoms with Crippen LogP contribution in [0.2, 0.25) is 0 Å². The van der Waals surface area contributed by atoms with Gasteiger partial charge in [-0.1, -0.05) is 18.2 Å². The average Bonchev–Trinajstić information content (AvgIpc) is 2.76. The first-order valence-corrected chi connectivity index (χ1v) is 9.54. The molecule has 4 rings (SSSR count). The van der Waals surface area contributed by atoms with Crippen molar-refractivity contribution in [2.75, 3.05) is 42.9 Å². The van der Waals surface area contributed by atoms with Crippen LogP contribution in [-0.4, -0.2) is 52.8 Å². The Labute approximate surface area is 164 Å². The van der Waals surface area contributed by atoms with Gasteiger partial charge in [-0.05, 0) is 30.2 Å². The second-order valence-electron chi connectivity index (χ2n) is 6.74. The molecule has 3 heterocycles. The Morgan fingerprint density at radius 2 is 1.89 bits per heavy atom. The number of hydrogen-bond donors (Lipinski definition) is 3. The Hall–Kier alpha value is -3.19. The number of nitrogens with zero attached hydrogens (tertiary/aromatic N) is 4. The number of aromatic hydroxyl groups is 1. The lowest BCUT2D eigenvalue weighted by Gasteiger charge is -2.28. The Bertz CT molecular complexity index is 909. The molecule has 7 heteroatoms. The molecule has 1 fully saturated rings. The molecular formula is C21H24N6O. The molecule has 2 aromatic heterocycles. The van der Waals surface area contributed by atoms with E-state index in [4.69, 9.17) is 0 Å². The molecule has 3 aromatic rings. The number of nitrogens with one attached hydrogen (secondary N) is 2. The van der Waals surface area contributed by atoms with Gasteiger partial charge in [0.15, 0.2) is 0 Å². The third kappa shape index (κ3) is 4.37. The Balaban J connectivity index is 1.39. The number of hydrogen-bond acceptors (Lipinski definition) is 7. The zero-order valence-corrected chi connectivity index (χ0v) is 15.7. The lowest BCUT2D eigenvalue weighted by atomic mass is 10.1. The van der Waals surface area contributed by atoms with Crippen molar-refractivity contribution in [3.8, 4) is 17.0 Å². The van der Waals surface area contributed by atoms with E-state index in [2.05, 4.69) is 36.6 Å². The minimum Gasteiger partial charge on any atom is -0.508 e. The summed E-state index contributed by atoms with van der Waals surface area (Å²) in [5, 5.41) is 16.5. The summed E-state index contributed by atoms with van der Waals surface area (Å²) in [4.78, 5) is 15.6. The molecule has 0 spiro atoms. The molecule has 0 radical (unpaired) electrons. The van der Waals surface area contributed by atoms with E-state index in [0.717, 1.165) is 54.6 Å². The number of phenols is 1. The summed E-state index contributed by atoms with van der Waals surface area (Å²) < 4.78 is 0. The highest BCUT2D eigenvalue weighted by Gasteiger charge is 2.12. The van der Waals surface area contributed by atoms with E-state index >= 15 is 0 Å². The number of anilines is 2. The summed E-state index contributed by atoms with van der Waals surface area (Å²) in [6, 6.07) is 13.4. The zero-order valence-electron chi connectivity index (χ0n) is 15.7. The van der Waals surface area contributed by atoms with Crippen LogP contribution in [0.3, 0.4) is 0 Å². The first-order chi connectivity index (χ1) is 13.8. The van der Waals surface area contributed by atoms with E-state index in [9.17, 15) is 5.11 Å². The third-order valence-corrected chi connectivity index (χ3v) is 4.84. The molecule has 28 heavy (non-hydrogen) atoms. The van der Waals surface area contributed by atoms with Gasteiger partial charge in [0.25, 0.3) is 0 Å². The Morgan fingerprint density at radius 3 is 2.68 bits per heavy atom. The van der Waals surface area contributed by atoms with Gasteiger partial charge in [0.2, 0.25) is 0 Å². The van der Waals surface area contributed by atoms with E-state index in [-0.39, 0.29) is 0 Å². The van der Waals surface area contributed by atoms with Gasteiger partial charge in [-0.2, -0.15) is 0 Å². The van der Waals surface area contributed by atoms with Gasteiger partial charge in [-0.25, -0.2) is 15.0 Å². The van der Waals surface area contributed by atoms with Gasteiger partial charge in [0.1, 0.15) is 23.7 Å². The number of benzene rings is 1. The van der Waals surface area contributed by atoms with E-state index in [1.54, 1.807) is 12.4 Å². The SMILES string of the molecule is Oc1ccccc1CCNc1cc(-c2ccc(N3CCNCC3)nc2)ncn1. The predicted molar refractivity (Wildman–Crippen MR) is 111 cm³/mol. The second-order valence-corrected chi connectivity index (χ2v) is 6.74. The molecule has 1 aromatic carbocycles. The molecular weight excluding hydrogens is 352 g/mol. The standard InChI is InChI=1S/C21H24N6O/c28-19-4-2-1-3-16(19)7-8-23-20-13-18(25-15-26-20)17-5-6-21(24-14-17)27-11-9-22-10-12-27/h1-6,13-15,22,28H,7-12H2,(H,23,25,26). The van der Waals surface area contributed by atoms with Crippen molar-refractivity contribution in [1.29, 1.82) is 0 Å². The number of phenolic OH excluding ortho intramolecular Hbond substituents is 1. The van der Waals surface area contributed by atoms with Gasteiger partial charge >= 0.3 is 0 Å². The van der Waals surface area contributed by atoms with Crippen LogP contribution in [0.25, 0.3) is 11.3 Å². The smallest absolute Gasteiger partial charge is 0.129 e. The quantitative estimate of drug-likeness (QED) is 0.609. The van der Waals surface area contributed by atoms with Crippen LogP contribution in [-0.2, 0) is 6.42 Å². The largest absolute Gasteiger partial charge is 0.508 e. The van der Waals surface area contributed by atoms with Crippen LogP contribution >= 0.6 is 0 Å². The molecule has 1 saturated heterocycles. The molecule has 0 amide bonds. The summed E-state index contributed by atoms with van der Waals surface area (Å²) in [7, 11) is 0. The van der Waals surface area contributed by atoms with Crippen molar-refractivity contribution >= 4 is 11.6 Å². The fourth-order valence-electron chi connectivity index (χ4n) is 3.28. The van der Waals surface area contributed by atoms with Crippen molar-refractivity contribution in [2.24, 2.45) is 0 Å². The average molecular weight is 376 g/mol. The molecule has 1 aliphatic rings. The van der Waals surface area contributed by atoms with Gasteiger partial charge in [-0.15, -0.1) is 0 Å². The van der Waals surface area contributed by atoms with Crippen LogP contribution in [0, 0.1) is 0 Å². The van der Waals surface area contributed by atoms with Crippen molar-refractivity contribution in [1.82, 2.24) is 20.3 Å². The maximum atomic E-state index is 9.85. The molecule has 0 saturated carbocycles. The van der Waals surface area contributed by atoms with Crippen molar-refractivity contribution < 1.29 is 5.11 Å². The monoisotopic (exact) mass is 376 g/mol. The van der Waals surface area contributed by atoms with Gasteiger partial charge < -0.3 is 20.6 Å². The highest BCUT2D eigenvalue weighted by Crippen LogP contribution is 2.21. The van der Waals surface area contributed by atoms with Crippen LogP contribution in [0.5, 0.6) is 5.75 Å². The minimum atomic E-state index is 0.323. The van der Waals surface area contributed by atoms with Gasteiger partial charge in [0, 0.05) is 50.6 Å². The summed E-state index contributed by atoms with van der Waals surface area (Å²) in [6.45, 7) is 4.61. The summed E-state index contributed by atoms with van der Waals surface area (Å²) >= 11 is 0. The van der Waals surface area contributed by atoms with Crippen LogP contribution in [0.4, 0.5) is 11.6 Å². The highest BCUT2D eigenvalue weighted by atomic mass is 16.3.